The van der Waals surface area contributed by atoms with Crippen LogP contribution in [0.3, 0.4) is 0 Å². The topological polar surface area (TPSA) is 66.5 Å². The Morgan fingerprint density at radius 2 is 1.62 bits per heavy atom. The molecule has 2 aromatic rings. The second-order valence-corrected chi connectivity index (χ2v) is 8.53. The molecule has 5 nitrogen and oxygen atoms in total. The third kappa shape index (κ3) is 5.08. The minimum absolute atomic E-state index is 0.145. The number of carbonyl (C=O) groups excluding carboxylic acids is 1. The van der Waals surface area contributed by atoms with E-state index in [4.69, 9.17) is 0 Å². The number of sulfonamides is 1. The van der Waals surface area contributed by atoms with Crippen LogP contribution in [-0.2, 0) is 14.8 Å². The summed E-state index contributed by atoms with van der Waals surface area (Å²) < 4.78 is 25.7. The first-order valence-corrected chi connectivity index (χ1v) is 10.4. The molecule has 140 valence electrons. The number of hydrogen-bond donors (Lipinski definition) is 1. The first-order chi connectivity index (χ1) is 12.2. The zero-order valence-corrected chi connectivity index (χ0v) is 16.5. The van der Waals surface area contributed by atoms with Crippen molar-refractivity contribution in [2.45, 2.75) is 26.7 Å². The number of para-hydroxylation sites is 1. The highest BCUT2D eigenvalue weighted by atomic mass is 32.2. The third-order valence-electron chi connectivity index (χ3n) is 4.35. The molecule has 0 heterocycles. The Hall–Kier alpha value is -2.34. The van der Waals surface area contributed by atoms with E-state index < -0.39 is 10.0 Å². The van der Waals surface area contributed by atoms with Gasteiger partial charge in [0, 0.05) is 6.54 Å². The Morgan fingerprint density at radius 1 is 1.04 bits per heavy atom. The molecule has 0 saturated carbocycles. The van der Waals surface area contributed by atoms with E-state index in [0.29, 0.717) is 12.2 Å². The Labute approximate surface area is 156 Å². The van der Waals surface area contributed by atoms with Crippen molar-refractivity contribution >= 4 is 21.6 Å². The smallest absolute Gasteiger partial charge is 0.240 e. The number of nitrogens with one attached hydrogen (secondary N) is 1. The fourth-order valence-electron chi connectivity index (χ4n) is 2.91. The van der Waals surface area contributed by atoms with Crippen LogP contribution >= 0.6 is 0 Å². The quantitative estimate of drug-likeness (QED) is 0.810. The van der Waals surface area contributed by atoms with Crippen molar-refractivity contribution in [1.29, 1.82) is 0 Å². The lowest BCUT2D eigenvalue weighted by Gasteiger charge is -2.25. The van der Waals surface area contributed by atoms with Crippen molar-refractivity contribution in [3.05, 3.63) is 65.2 Å². The van der Waals surface area contributed by atoms with E-state index in [1.165, 1.54) is 4.31 Å². The maximum atomic E-state index is 12.4. The summed E-state index contributed by atoms with van der Waals surface area (Å²) in [7, 11) is -3.58. The highest BCUT2D eigenvalue weighted by molar-refractivity contribution is 7.92. The van der Waals surface area contributed by atoms with E-state index in [1.54, 1.807) is 0 Å². The van der Waals surface area contributed by atoms with Crippen LogP contribution in [0.4, 0.5) is 5.69 Å². The zero-order chi connectivity index (χ0) is 19.3. The van der Waals surface area contributed by atoms with Crippen LogP contribution in [0.2, 0.25) is 0 Å². The largest absolute Gasteiger partial charge is 0.354 e. The highest BCUT2D eigenvalue weighted by Gasteiger charge is 2.24. The molecule has 6 heteroatoms. The summed E-state index contributed by atoms with van der Waals surface area (Å²) in [4.78, 5) is 12.4. The molecular weight excluding hydrogens is 348 g/mol. The number of rotatable bonds is 7. The number of anilines is 1. The van der Waals surface area contributed by atoms with Gasteiger partial charge in [0.15, 0.2) is 0 Å². The molecule has 0 fully saturated rings. The lowest BCUT2D eigenvalue weighted by molar-refractivity contribution is -0.119. The second-order valence-electron chi connectivity index (χ2n) is 6.63. The summed E-state index contributed by atoms with van der Waals surface area (Å²) in [5.74, 6) is -0.173. The lowest BCUT2D eigenvalue weighted by Crippen LogP contribution is -2.41. The molecule has 2 aromatic carbocycles. The monoisotopic (exact) mass is 374 g/mol. The first-order valence-electron chi connectivity index (χ1n) is 8.55. The number of aryl methyl sites for hydroxylation is 2. The predicted molar refractivity (Wildman–Crippen MR) is 106 cm³/mol. The highest BCUT2D eigenvalue weighted by Crippen LogP contribution is 2.26. The lowest BCUT2D eigenvalue weighted by atomic mass is 10.0. The number of carbonyl (C=O) groups is 1. The van der Waals surface area contributed by atoms with E-state index in [0.717, 1.165) is 22.9 Å². The first kappa shape index (κ1) is 20.0. The fourth-order valence-corrected chi connectivity index (χ4v) is 3.89. The average molecular weight is 375 g/mol. The van der Waals surface area contributed by atoms with Crippen molar-refractivity contribution < 1.29 is 13.2 Å². The molecule has 0 radical (unpaired) electrons. The van der Waals surface area contributed by atoms with Crippen molar-refractivity contribution in [2.75, 3.05) is 23.7 Å². The predicted octanol–water partition coefficient (Wildman–Crippen LogP) is 2.99. The number of amides is 1. The van der Waals surface area contributed by atoms with Gasteiger partial charge in [-0.05, 0) is 36.5 Å². The van der Waals surface area contributed by atoms with Crippen LogP contribution < -0.4 is 9.62 Å². The van der Waals surface area contributed by atoms with Crippen LogP contribution in [0.25, 0.3) is 0 Å². The number of benzene rings is 2. The molecule has 0 unspecified atom stereocenters. The van der Waals surface area contributed by atoms with Gasteiger partial charge in [0.05, 0.1) is 11.9 Å². The summed E-state index contributed by atoms with van der Waals surface area (Å²) in [5.41, 5.74) is 3.34. The van der Waals surface area contributed by atoms with E-state index >= 15 is 0 Å². The summed E-state index contributed by atoms with van der Waals surface area (Å²) in [5, 5.41) is 2.85. The summed E-state index contributed by atoms with van der Waals surface area (Å²) in [6.45, 7) is 5.93. The van der Waals surface area contributed by atoms with Crippen LogP contribution in [0.1, 0.15) is 29.5 Å². The molecule has 0 spiro atoms. The van der Waals surface area contributed by atoms with Crippen LogP contribution in [0.15, 0.2) is 48.5 Å². The fraction of sp³-hybridized carbons (Fsp3) is 0.350. The van der Waals surface area contributed by atoms with Gasteiger partial charge < -0.3 is 5.32 Å². The number of nitrogens with zero attached hydrogens (tertiary/aromatic N) is 1. The van der Waals surface area contributed by atoms with Gasteiger partial charge in [0.25, 0.3) is 0 Å². The van der Waals surface area contributed by atoms with E-state index in [9.17, 15) is 13.2 Å². The molecule has 0 aliphatic heterocycles. The van der Waals surface area contributed by atoms with Crippen molar-refractivity contribution in [3.8, 4) is 0 Å². The van der Waals surface area contributed by atoms with Gasteiger partial charge in [-0.2, -0.15) is 0 Å². The normalized spacial score (nSPS) is 12.5. The molecule has 0 saturated heterocycles. The minimum atomic E-state index is -3.58. The van der Waals surface area contributed by atoms with E-state index in [1.807, 2.05) is 69.3 Å². The average Bonchev–Trinajstić information content (AvgIpc) is 2.58. The molecule has 1 atom stereocenters. The maximum Gasteiger partial charge on any atom is 0.240 e. The van der Waals surface area contributed by atoms with Crippen molar-refractivity contribution in [3.63, 3.8) is 0 Å². The second kappa shape index (κ2) is 8.36. The van der Waals surface area contributed by atoms with Gasteiger partial charge in [0.2, 0.25) is 15.9 Å². The van der Waals surface area contributed by atoms with E-state index in [-0.39, 0.29) is 18.4 Å². The Kier molecular flexibility index (Phi) is 6.42. The molecule has 1 N–H and O–H groups in total. The minimum Gasteiger partial charge on any atom is -0.354 e. The van der Waals surface area contributed by atoms with Gasteiger partial charge in [-0.3, -0.25) is 9.10 Å². The van der Waals surface area contributed by atoms with Gasteiger partial charge in [-0.25, -0.2) is 8.42 Å². The third-order valence-corrected chi connectivity index (χ3v) is 5.46. The van der Waals surface area contributed by atoms with Crippen molar-refractivity contribution in [2.24, 2.45) is 0 Å². The molecule has 26 heavy (non-hydrogen) atoms. The van der Waals surface area contributed by atoms with Crippen LogP contribution in [0.5, 0.6) is 0 Å². The Morgan fingerprint density at radius 3 is 2.15 bits per heavy atom. The molecule has 2 rings (SSSR count). The maximum absolute atomic E-state index is 12.4. The summed E-state index contributed by atoms with van der Waals surface area (Å²) >= 11 is 0. The molecule has 0 aromatic heterocycles. The molecular formula is C20H26N2O3S. The van der Waals surface area contributed by atoms with E-state index in [2.05, 4.69) is 5.32 Å². The molecule has 1 amide bonds. The molecule has 0 aliphatic carbocycles. The molecule has 0 bridgehead atoms. The van der Waals surface area contributed by atoms with Crippen molar-refractivity contribution in [1.82, 2.24) is 5.32 Å². The van der Waals surface area contributed by atoms with Crippen LogP contribution in [-0.4, -0.2) is 33.7 Å². The standard InChI is InChI=1S/C20H26N2O3S/c1-15-9-8-10-16(2)20(15)22(26(4,24)25)14-19(23)21-13-17(3)18-11-6-5-7-12-18/h5-12,17H,13-14H2,1-4H3,(H,21,23)/t17-/m0/s1. The SMILES string of the molecule is Cc1cccc(C)c1N(CC(=O)NC[C@H](C)c1ccccc1)S(C)(=O)=O. The zero-order valence-electron chi connectivity index (χ0n) is 15.7. The number of hydrogen-bond acceptors (Lipinski definition) is 3. The molecule has 0 aliphatic rings. The van der Waals surface area contributed by atoms with Crippen LogP contribution in [0, 0.1) is 13.8 Å². The van der Waals surface area contributed by atoms with Gasteiger partial charge in [0.1, 0.15) is 6.54 Å². The summed E-state index contributed by atoms with van der Waals surface area (Å²) in [6, 6.07) is 15.4. The van der Waals surface area contributed by atoms with Gasteiger partial charge in [-0.15, -0.1) is 0 Å². The summed E-state index contributed by atoms with van der Waals surface area (Å²) in [6.07, 6.45) is 1.12. The van der Waals surface area contributed by atoms with Gasteiger partial charge >= 0.3 is 0 Å². The Bertz CT molecular complexity index is 844. The Balaban J connectivity index is 2.11. The van der Waals surface area contributed by atoms with Gasteiger partial charge in [-0.1, -0.05) is 55.5 Å².